The molecule has 4 nitrogen and oxygen atoms in total. The minimum atomic E-state index is -0.553. The molecule has 1 amide bonds. The second kappa shape index (κ2) is 8.17. The van der Waals surface area contributed by atoms with E-state index in [4.69, 9.17) is 10.5 Å². The molecule has 0 saturated carbocycles. The summed E-state index contributed by atoms with van der Waals surface area (Å²) in [4.78, 5) is 13.5. The van der Waals surface area contributed by atoms with Crippen molar-refractivity contribution in [2.45, 2.75) is 19.3 Å². The van der Waals surface area contributed by atoms with E-state index in [2.05, 4.69) is 5.32 Å². The first kappa shape index (κ1) is 18.5. The number of halogens is 1. The minimum absolute atomic E-state index is 0. The lowest BCUT2D eigenvalue weighted by Crippen LogP contribution is -2.33. The van der Waals surface area contributed by atoms with E-state index in [0.717, 1.165) is 16.3 Å². The highest BCUT2D eigenvalue weighted by molar-refractivity contribution is 7.10. The Balaban J connectivity index is 0.00000242. The third-order valence-corrected chi connectivity index (χ3v) is 4.40. The Kier molecular flexibility index (Phi) is 6.87. The summed E-state index contributed by atoms with van der Waals surface area (Å²) in [7, 11) is 0. The van der Waals surface area contributed by atoms with Gasteiger partial charge in [0.25, 0.3) is 0 Å². The van der Waals surface area contributed by atoms with Gasteiger partial charge < -0.3 is 15.8 Å². The molecule has 0 aliphatic heterocycles. The third kappa shape index (κ3) is 4.47. The van der Waals surface area contributed by atoms with E-state index in [1.165, 1.54) is 0 Å². The van der Waals surface area contributed by atoms with Crippen molar-refractivity contribution >= 4 is 35.3 Å². The molecule has 0 saturated heterocycles. The molecule has 1 aromatic carbocycles. The topological polar surface area (TPSA) is 64.3 Å². The molecule has 1 aromatic heterocycles. The average Bonchev–Trinajstić information content (AvgIpc) is 3.01. The normalized spacial score (nSPS) is 10.7. The van der Waals surface area contributed by atoms with E-state index in [9.17, 15) is 4.79 Å². The van der Waals surface area contributed by atoms with Gasteiger partial charge in [0.2, 0.25) is 5.91 Å². The van der Waals surface area contributed by atoms with Gasteiger partial charge in [0.15, 0.2) is 0 Å². The molecule has 0 bridgehead atoms. The van der Waals surface area contributed by atoms with Crippen molar-refractivity contribution in [2.75, 3.05) is 18.5 Å². The summed E-state index contributed by atoms with van der Waals surface area (Å²) in [6.45, 7) is 4.81. The van der Waals surface area contributed by atoms with Crippen molar-refractivity contribution < 1.29 is 9.53 Å². The van der Waals surface area contributed by atoms with Crippen LogP contribution in [-0.2, 0) is 10.2 Å². The van der Waals surface area contributed by atoms with Crippen molar-refractivity contribution in [3.8, 4) is 5.75 Å². The number of nitrogens with one attached hydrogen (secondary N) is 1. The van der Waals surface area contributed by atoms with Crippen LogP contribution in [0.4, 0.5) is 5.69 Å². The van der Waals surface area contributed by atoms with Gasteiger partial charge in [-0.2, -0.15) is 0 Å². The Bertz CT molecular complexity index is 583. The molecule has 0 radical (unpaired) electrons. The van der Waals surface area contributed by atoms with Crippen LogP contribution in [0.2, 0.25) is 0 Å². The molecule has 0 aliphatic rings. The summed E-state index contributed by atoms with van der Waals surface area (Å²) in [6.07, 6.45) is 0. The molecule has 22 heavy (non-hydrogen) atoms. The molecule has 6 heteroatoms. The molecule has 2 rings (SSSR count). The van der Waals surface area contributed by atoms with Crippen molar-refractivity contribution in [3.63, 3.8) is 0 Å². The predicted octanol–water partition coefficient (Wildman–Crippen LogP) is 3.42. The van der Waals surface area contributed by atoms with Crippen LogP contribution in [0.15, 0.2) is 41.8 Å². The smallest absolute Gasteiger partial charge is 0.235 e. The van der Waals surface area contributed by atoms with Crippen LogP contribution in [0.25, 0.3) is 0 Å². The quantitative estimate of drug-likeness (QED) is 0.846. The maximum Gasteiger partial charge on any atom is 0.235 e. The molecule has 3 N–H and O–H groups in total. The van der Waals surface area contributed by atoms with Gasteiger partial charge in [0, 0.05) is 17.1 Å². The zero-order chi connectivity index (χ0) is 15.3. The van der Waals surface area contributed by atoms with Crippen molar-refractivity contribution in [2.24, 2.45) is 5.73 Å². The Labute approximate surface area is 141 Å². The summed E-state index contributed by atoms with van der Waals surface area (Å²) >= 11 is 1.59. The summed E-state index contributed by atoms with van der Waals surface area (Å²) < 4.78 is 5.41. The molecule has 0 fully saturated rings. The lowest BCUT2D eigenvalue weighted by Gasteiger charge is -2.22. The van der Waals surface area contributed by atoms with E-state index in [0.29, 0.717) is 13.2 Å². The highest BCUT2D eigenvalue weighted by Crippen LogP contribution is 2.29. The summed E-state index contributed by atoms with van der Waals surface area (Å²) in [6, 6.07) is 11.2. The first-order chi connectivity index (χ1) is 10.0. The predicted molar refractivity (Wildman–Crippen MR) is 94.2 cm³/mol. The van der Waals surface area contributed by atoms with Crippen LogP contribution in [0, 0.1) is 0 Å². The fourth-order valence-corrected chi connectivity index (χ4v) is 2.69. The zero-order valence-electron chi connectivity index (χ0n) is 12.7. The lowest BCUT2D eigenvalue weighted by molar-refractivity contribution is -0.120. The van der Waals surface area contributed by atoms with Crippen LogP contribution < -0.4 is 15.8 Å². The second-order valence-corrected chi connectivity index (χ2v) is 6.17. The fourth-order valence-electron chi connectivity index (χ4n) is 1.84. The number of amides is 1. The van der Waals surface area contributed by atoms with Crippen LogP contribution in [0.3, 0.4) is 0 Å². The van der Waals surface area contributed by atoms with Crippen LogP contribution in [-0.4, -0.2) is 19.1 Å². The summed E-state index contributed by atoms with van der Waals surface area (Å²) in [5.41, 5.74) is 5.59. The molecule has 0 unspecified atom stereocenters. The number of hydrogen-bond acceptors (Lipinski definition) is 4. The average molecular weight is 341 g/mol. The van der Waals surface area contributed by atoms with Gasteiger partial charge in [0.05, 0.1) is 5.41 Å². The van der Waals surface area contributed by atoms with Crippen molar-refractivity contribution in [1.82, 2.24) is 0 Å². The zero-order valence-corrected chi connectivity index (χ0v) is 14.3. The van der Waals surface area contributed by atoms with Gasteiger partial charge in [-0.05, 0) is 49.6 Å². The maximum absolute atomic E-state index is 12.4. The number of carbonyl (C=O) groups excluding carboxylic acids is 1. The third-order valence-electron chi connectivity index (χ3n) is 3.20. The van der Waals surface area contributed by atoms with Gasteiger partial charge in [-0.1, -0.05) is 6.07 Å². The van der Waals surface area contributed by atoms with Gasteiger partial charge in [0.1, 0.15) is 12.4 Å². The van der Waals surface area contributed by atoms with E-state index in [-0.39, 0.29) is 18.3 Å². The Morgan fingerprint density at radius 2 is 1.95 bits per heavy atom. The minimum Gasteiger partial charge on any atom is -0.492 e. The van der Waals surface area contributed by atoms with E-state index >= 15 is 0 Å². The molecule has 0 spiro atoms. The summed E-state index contributed by atoms with van der Waals surface area (Å²) in [5.74, 6) is 0.719. The Hall–Kier alpha value is -1.56. The number of benzene rings is 1. The number of nitrogens with two attached hydrogens (primary N) is 1. The highest BCUT2D eigenvalue weighted by atomic mass is 35.5. The van der Waals surface area contributed by atoms with E-state index in [1.807, 2.05) is 55.6 Å². The second-order valence-electron chi connectivity index (χ2n) is 5.22. The highest BCUT2D eigenvalue weighted by Gasteiger charge is 2.30. The van der Waals surface area contributed by atoms with E-state index in [1.54, 1.807) is 11.3 Å². The molecule has 0 aliphatic carbocycles. The van der Waals surface area contributed by atoms with Crippen molar-refractivity contribution in [1.29, 1.82) is 0 Å². The molecular formula is C16H21ClN2O2S. The first-order valence-corrected chi connectivity index (χ1v) is 7.70. The molecule has 0 atom stereocenters. The van der Waals surface area contributed by atoms with Gasteiger partial charge in [-0.3, -0.25) is 4.79 Å². The summed E-state index contributed by atoms with van der Waals surface area (Å²) in [5, 5.41) is 4.92. The van der Waals surface area contributed by atoms with Crippen molar-refractivity contribution in [3.05, 3.63) is 46.7 Å². The van der Waals surface area contributed by atoms with Crippen LogP contribution >= 0.6 is 23.7 Å². The van der Waals surface area contributed by atoms with Gasteiger partial charge in [-0.15, -0.1) is 23.7 Å². The molecule has 1 heterocycles. The largest absolute Gasteiger partial charge is 0.492 e. The van der Waals surface area contributed by atoms with Crippen LogP contribution in [0.5, 0.6) is 5.75 Å². The number of ether oxygens (including phenoxy) is 1. The van der Waals surface area contributed by atoms with Gasteiger partial charge in [-0.25, -0.2) is 0 Å². The Morgan fingerprint density at radius 3 is 2.50 bits per heavy atom. The number of hydrogen-bond donors (Lipinski definition) is 2. The van der Waals surface area contributed by atoms with E-state index < -0.39 is 5.41 Å². The number of rotatable bonds is 6. The first-order valence-electron chi connectivity index (χ1n) is 6.82. The molecule has 2 aromatic rings. The standard InChI is InChI=1S/C16H20N2O2S.ClH/c1-16(2,14-4-3-11-21-14)15(19)18-12-5-7-13(8-6-12)20-10-9-17;/h3-8,11H,9-10,17H2,1-2H3,(H,18,19);1H. The van der Waals surface area contributed by atoms with Gasteiger partial charge >= 0.3 is 0 Å². The maximum atomic E-state index is 12.4. The Morgan fingerprint density at radius 1 is 1.27 bits per heavy atom. The number of carbonyl (C=O) groups is 1. The lowest BCUT2D eigenvalue weighted by atomic mass is 9.90. The number of thiophene rings is 1. The fraction of sp³-hybridized carbons (Fsp3) is 0.312. The molecular weight excluding hydrogens is 320 g/mol. The number of anilines is 1. The monoisotopic (exact) mass is 340 g/mol. The van der Waals surface area contributed by atoms with Crippen LogP contribution in [0.1, 0.15) is 18.7 Å². The SMILES string of the molecule is CC(C)(C(=O)Nc1ccc(OCCN)cc1)c1cccs1.Cl. The molecule has 120 valence electrons.